The van der Waals surface area contributed by atoms with Crippen LogP contribution in [0.3, 0.4) is 0 Å². The molecule has 0 saturated carbocycles. The lowest BCUT2D eigenvalue weighted by Gasteiger charge is -2.28. The Kier molecular flexibility index (Phi) is 7.35. The molecule has 0 unspecified atom stereocenters. The molecule has 2 aromatic rings. The molecule has 34 heavy (non-hydrogen) atoms. The van der Waals surface area contributed by atoms with Crippen LogP contribution in [0, 0.1) is 0 Å². The highest BCUT2D eigenvalue weighted by molar-refractivity contribution is 5.98. The summed E-state index contributed by atoms with van der Waals surface area (Å²) in [5.41, 5.74) is 2.42. The first-order chi connectivity index (χ1) is 16.5. The number of benzene rings is 2. The van der Waals surface area contributed by atoms with Crippen molar-refractivity contribution in [3.8, 4) is 11.5 Å². The Morgan fingerprint density at radius 2 is 1.88 bits per heavy atom. The first kappa shape index (κ1) is 23.6. The maximum absolute atomic E-state index is 13.2. The van der Waals surface area contributed by atoms with Crippen LogP contribution >= 0.6 is 0 Å². The van der Waals surface area contributed by atoms with E-state index in [1.807, 2.05) is 41.3 Å². The largest absolute Gasteiger partial charge is 0.493 e. The first-order valence-electron chi connectivity index (χ1n) is 11.7. The molecular formula is C26H31N3O5. The number of nitrogens with zero attached hydrogens (tertiary/aromatic N) is 2. The molecule has 0 radical (unpaired) electrons. The van der Waals surface area contributed by atoms with Gasteiger partial charge in [-0.2, -0.15) is 0 Å². The Morgan fingerprint density at radius 1 is 1.09 bits per heavy atom. The molecule has 8 heteroatoms. The van der Waals surface area contributed by atoms with E-state index in [4.69, 9.17) is 9.47 Å². The third-order valence-electron chi connectivity index (χ3n) is 6.50. The maximum atomic E-state index is 13.2. The van der Waals surface area contributed by atoms with Crippen LogP contribution < -0.4 is 14.8 Å². The van der Waals surface area contributed by atoms with Crippen molar-refractivity contribution in [3.63, 3.8) is 0 Å². The summed E-state index contributed by atoms with van der Waals surface area (Å²) in [4.78, 5) is 41.5. The molecule has 1 saturated heterocycles. The average molecular weight is 466 g/mol. The Bertz CT molecular complexity index is 1070. The van der Waals surface area contributed by atoms with Gasteiger partial charge in [0.2, 0.25) is 11.8 Å². The highest BCUT2D eigenvalue weighted by atomic mass is 16.5. The molecule has 1 N–H and O–H groups in total. The standard InChI is InChI=1S/C26H31N3O5/c1-33-22-11-10-18(15-23(22)34-2)21(29-17-19-7-3-4-8-20(19)26(29)32)16-24(30)27-12-6-14-28-13-5-9-25(28)31/h3-4,7-8,10-11,15,21H,5-6,9,12-14,16-17H2,1-2H3,(H,27,30)/t21-/m0/s1. The van der Waals surface area contributed by atoms with Gasteiger partial charge in [0.25, 0.3) is 5.91 Å². The van der Waals surface area contributed by atoms with E-state index >= 15 is 0 Å². The molecule has 0 aromatic heterocycles. The Balaban J connectivity index is 1.47. The van der Waals surface area contributed by atoms with Crippen LogP contribution in [0.4, 0.5) is 0 Å². The van der Waals surface area contributed by atoms with Crippen molar-refractivity contribution in [3.05, 3.63) is 59.2 Å². The van der Waals surface area contributed by atoms with Crippen LogP contribution in [0.5, 0.6) is 11.5 Å². The molecule has 2 heterocycles. The monoisotopic (exact) mass is 465 g/mol. The van der Waals surface area contributed by atoms with Crippen LogP contribution in [0.15, 0.2) is 42.5 Å². The lowest BCUT2D eigenvalue weighted by molar-refractivity contribution is -0.127. The lowest BCUT2D eigenvalue weighted by atomic mass is 10.0. The van der Waals surface area contributed by atoms with Gasteiger partial charge in [0.15, 0.2) is 11.5 Å². The predicted octanol–water partition coefficient (Wildman–Crippen LogP) is 2.92. The summed E-state index contributed by atoms with van der Waals surface area (Å²) in [7, 11) is 3.13. The van der Waals surface area contributed by atoms with Crippen molar-refractivity contribution in [2.75, 3.05) is 33.9 Å². The summed E-state index contributed by atoms with van der Waals surface area (Å²) in [6, 6.07) is 12.6. The fourth-order valence-electron chi connectivity index (χ4n) is 4.68. The van der Waals surface area contributed by atoms with Crippen LogP contribution in [-0.2, 0) is 16.1 Å². The number of hydrogen-bond acceptors (Lipinski definition) is 5. The molecule has 0 spiro atoms. The Hall–Kier alpha value is -3.55. The number of nitrogens with one attached hydrogen (secondary N) is 1. The van der Waals surface area contributed by atoms with Crippen molar-refractivity contribution in [1.29, 1.82) is 0 Å². The molecular weight excluding hydrogens is 434 g/mol. The second-order valence-electron chi connectivity index (χ2n) is 8.61. The number of rotatable bonds is 10. The van der Waals surface area contributed by atoms with E-state index in [1.54, 1.807) is 25.2 Å². The lowest BCUT2D eigenvalue weighted by Crippen LogP contribution is -2.35. The van der Waals surface area contributed by atoms with Gasteiger partial charge in [-0.1, -0.05) is 24.3 Å². The summed E-state index contributed by atoms with van der Waals surface area (Å²) in [6.45, 7) is 2.37. The number of methoxy groups -OCH3 is 2. The summed E-state index contributed by atoms with van der Waals surface area (Å²) in [6.07, 6.45) is 2.35. The number of ether oxygens (including phenoxy) is 2. The molecule has 180 valence electrons. The number of amides is 3. The van der Waals surface area contributed by atoms with Crippen molar-refractivity contribution in [2.24, 2.45) is 0 Å². The minimum atomic E-state index is -0.458. The Labute approximate surface area is 199 Å². The van der Waals surface area contributed by atoms with Gasteiger partial charge in [0, 0.05) is 38.2 Å². The summed E-state index contributed by atoms with van der Waals surface area (Å²) in [5.74, 6) is 1.09. The van der Waals surface area contributed by atoms with Crippen molar-refractivity contribution in [2.45, 2.75) is 38.3 Å². The molecule has 1 atom stereocenters. The molecule has 2 aromatic carbocycles. The van der Waals surface area contributed by atoms with Gasteiger partial charge in [-0.15, -0.1) is 0 Å². The fourth-order valence-corrected chi connectivity index (χ4v) is 4.68. The zero-order valence-electron chi connectivity index (χ0n) is 19.7. The molecule has 2 aliphatic heterocycles. The van der Waals surface area contributed by atoms with Gasteiger partial charge < -0.3 is 24.6 Å². The molecule has 0 aliphatic carbocycles. The Morgan fingerprint density at radius 3 is 2.59 bits per heavy atom. The maximum Gasteiger partial charge on any atom is 0.255 e. The van der Waals surface area contributed by atoms with E-state index in [0.717, 1.165) is 24.1 Å². The van der Waals surface area contributed by atoms with Crippen molar-refractivity contribution >= 4 is 17.7 Å². The van der Waals surface area contributed by atoms with Gasteiger partial charge in [-0.05, 0) is 42.2 Å². The fraction of sp³-hybridized carbons (Fsp3) is 0.423. The zero-order valence-corrected chi connectivity index (χ0v) is 19.7. The second-order valence-corrected chi connectivity index (χ2v) is 8.61. The third-order valence-corrected chi connectivity index (χ3v) is 6.50. The molecule has 3 amide bonds. The highest BCUT2D eigenvalue weighted by Crippen LogP contribution is 2.37. The molecule has 0 bridgehead atoms. The van der Waals surface area contributed by atoms with E-state index < -0.39 is 6.04 Å². The highest BCUT2D eigenvalue weighted by Gasteiger charge is 2.34. The normalized spacial score (nSPS) is 15.9. The molecule has 2 aliphatic rings. The number of hydrogen-bond donors (Lipinski definition) is 1. The van der Waals surface area contributed by atoms with E-state index in [0.29, 0.717) is 49.5 Å². The first-order valence-corrected chi connectivity index (χ1v) is 11.7. The summed E-state index contributed by atoms with van der Waals surface area (Å²) >= 11 is 0. The van der Waals surface area contributed by atoms with Gasteiger partial charge in [-0.25, -0.2) is 0 Å². The number of carbonyl (C=O) groups is 3. The van der Waals surface area contributed by atoms with Crippen LogP contribution in [0.1, 0.15) is 53.2 Å². The number of likely N-dealkylation sites (tertiary alicyclic amines) is 1. The van der Waals surface area contributed by atoms with Gasteiger partial charge in [0.1, 0.15) is 0 Å². The van der Waals surface area contributed by atoms with Crippen molar-refractivity contribution in [1.82, 2.24) is 15.1 Å². The van der Waals surface area contributed by atoms with Gasteiger partial charge in [-0.3, -0.25) is 14.4 Å². The number of carbonyl (C=O) groups excluding carboxylic acids is 3. The average Bonchev–Trinajstić information content (AvgIpc) is 3.42. The molecule has 1 fully saturated rings. The minimum absolute atomic E-state index is 0.0873. The predicted molar refractivity (Wildman–Crippen MR) is 127 cm³/mol. The van der Waals surface area contributed by atoms with E-state index in [9.17, 15) is 14.4 Å². The van der Waals surface area contributed by atoms with Crippen molar-refractivity contribution < 1.29 is 23.9 Å². The second kappa shape index (κ2) is 10.6. The summed E-state index contributed by atoms with van der Waals surface area (Å²) < 4.78 is 10.8. The van der Waals surface area contributed by atoms with E-state index in [1.165, 1.54) is 0 Å². The van der Waals surface area contributed by atoms with Gasteiger partial charge >= 0.3 is 0 Å². The molecule has 4 rings (SSSR count). The SMILES string of the molecule is COc1ccc([C@H](CC(=O)NCCCN2CCCC2=O)N2Cc3ccccc3C2=O)cc1OC. The topological polar surface area (TPSA) is 88.2 Å². The molecule has 8 nitrogen and oxygen atoms in total. The quantitative estimate of drug-likeness (QED) is 0.545. The van der Waals surface area contributed by atoms with Gasteiger partial charge in [0.05, 0.1) is 26.7 Å². The number of fused-ring (bicyclic) bond motifs is 1. The zero-order chi connectivity index (χ0) is 24.1. The van der Waals surface area contributed by atoms with E-state index in [-0.39, 0.29) is 24.1 Å². The van der Waals surface area contributed by atoms with Crippen LogP contribution in [0.25, 0.3) is 0 Å². The van der Waals surface area contributed by atoms with Crippen LogP contribution in [0.2, 0.25) is 0 Å². The van der Waals surface area contributed by atoms with E-state index in [2.05, 4.69) is 5.32 Å². The van der Waals surface area contributed by atoms with Crippen LogP contribution in [-0.4, -0.2) is 61.4 Å². The third kappa shape index (κ3) is 5.00. The minimum Gasteiger partial charge on any atom is -0.493 e. The summed E-state index contributed by atoms with van der Waals surface area (Å²) in [5, 5.41) is 2.96. The smallest absolute Gasteiger partial charge is 0.255 e.